The minimum absolute atomic E-state index is 0.0977. The van der Waals surface area contributed by atoms with Gasteiger partial charge in [-0.05, 0) is 37.8 Å². The van der Waals surface area contributed by atoms with Crippen molar-refractivity contribution in [1.29, 1.82) is 0 Å². The summed E-state index contributed by atoms with van der Waals surface area (Å²) < 4.78 is 31.6. The van der Waals surface area contributed by atoms with E-state index >= 15 is 0 Å². The molecule has 8 nitrogen and oxygen atoms in total. The highest BCUT2D eigenvalue weighted by atomic mass is 32.2. The number of hydrogen-bond acceptors (Lipinski definition) is 6. The van der Waals surface area contributed by atoms with Gasteiger partial charge in [-0.1, -0.05) is 31.9 Å². The Kier molecular flexibility index (Phi) is 6.02. The van der Waals surface area contributed by atoms with Gasteiger partial charge in [-0.15, -0.1) is 0 Å². The number of benzene rings is 1. The van der Waals surface area contributed by atoms with Gasteiger partial charge >= 0.3 is 5.97 Å². The molecule has 1 heterocycles. The molecule has 0 spiro atoms. The molecule has 0 aromatic heterocycles. The van der Waals surface area contributed by atoms with Crippen molar-refractivity contribution in [3.05, 3.63) is 29.8 Å². The molecule has 0 saturated heterocycles. The van der Waals surface area contributed by atoms with E-state index in [0.29, 0.717) is 11.5 Å². The molecule has 152 valence electrons. The summed E-state index contributed by atoms with van der Waals surface area (Å²) in [5, 5.41) is 2.92. The lowest BCUT2D eigenvalue weighted by atomic mass is 9.86. The first kappa shape index (κ1) is 20.3. The van der Waals surface area contributed by atoms with Gasteiger partial charge in [0.25, 0.3) is 15.9 Å². The number of ether oxygens (including phenoxy) is 1. The minimum Gasteiger partial charge on any atom is -0.454 e. The number of carbonyl (C=O) groups excluding carboxylic acids is 2. The molecular formula is C19H25N3O5S. The number of nitrogens with one attached hydrogen (secondary N) is 2. The van der Waals surface area contributed by atoms with Crippen molar-refractivity contribution in [2.24, 2.45) is 10.9 Å². The van der Waals surface area contributed by atoms with Crippen molar-refractivity contribution in [2.75, 3.05) is 6.61 Å². The first-order valence-electron chi connectivity index (χ1n) is 9.44. The molecule has 2 N–H and O–H groups in total. The molecule has 1 aliphatic heterocycles. The smallest absolute Gasteiger partial charge is 0.331 e. The number of hydrogen-bond donors (Lipinski definition) is 2. The van der Waals surface area contributed by atoms with E-state index in [9.17, 15) is 18.0 Å². The van der Waals surface area contributed by atoms with Crippen LogP contribution < -0.4 is 10.0 Å². The minimum atomic E-state index is -3.67. The van der Waals surface area contributed by atoms with E-state index in [1.165, 1.54) is 19.4 Å². The number of rotatable bonds is 5. The van der Waals surface area contributed by atoms with Crippen LogP contribution >= 0.6 is 0 Å². The summed E-state index contributed by atoms with van der Waals surface area (Å²) >= 11 is 0. The van der Waals surface area contributed by atoms with E-state index in [0.717, 1.165) is 19.3 Å². The Bertz CT molecular complexity index is 897. The molecule has 1 saturated carbocycles. The molecule has 1 aromatic rings. The molecule has 0 radical (unpaired) electrons. The fourth-order valence-corrected chi connectivity index (χ4v) is 4.75. The first-order chi connectivity index (χ1) is 13.3. The third-order valence-corrected chi connectivity index (χ3v) is 6.53. The molecule has 1 fully saturated rings. The second-order valence-electron chi connectivity index (χ2n) is 7.30. The lowest BCUT2D eigenvalue weighted by Gasteiger charge is -2.29. The highest BCUT2D eigenvalue weighted by Crippen LogP contribution is 2.24. The van der Waals surface area contributed by atoms with Gasteiger partial charge in [0, 0.05) is 11.6 Å². The van der Waals surface area contributed by atoms with Crippen molar-refractivity contribution in [2.45, 2.75) is 56.5 Å². The van der Waals surface area contributed by atoms with Crippen LogP contribution in [0.3, 0.4) is 0 Å². The maximum absolute atomic E-state index is 12.2. The van der Waals surface area contributed by atoms with Crippen LogP contribution in [0.5, 0.6) is 0 Å². The molecule has 3 atom stereocenters. The number of aliphatic imine (C=N–C) groups is 1. The second-order valence-corrected chi connectivity index (χ2v) is 8.95. The monoisotopic (exact) mass is 407 g/mol. The predicted octanol–water partition coefficient (Wildman–Crippen LogP) is 1.35. The van der Waals surface area contributed by atoms with Crippen LogP contribution in [0.1, 0.15) is 45.1 Å². The van der Waals surface area contributed by atoms with Crippen molar-refractivity contribution in [3.8, 4) is 0 Å². The van der Waals surface area contributed by atoms with Crippen LogP contribution in [0.4, 0.5) is 0 Å². The van der Waals surface area contributed by atoms with Crippen LogP contribution in [0.15, 0.2) is 34.2 Å². The fourth-order valence-electron chi connectivity index (χ4n) is 3.51. The average molecular weight is 407 g/mol. The Morgan fingerprint density at radius 3 is 2.75 bits per heavy atom. The van der Waals surface area contributed by atoms with Crippen molar-refractivity contribution in [3.63, 3.8) is 0 Å². The summed E-state index contributed by atoms with van der Waals surface area (Å²) in [5.41, 5.74) is 0.408. The molecule has 1 aliphatic carbocycles. The van der Waals surface area contributed by atoms with Gasteiger partial charge < -0.3 is 10.1 Å². The zero-order chi connectivity index (χ0) is 20.3. The van der Waals surface area contributed by atoms with Crippen LogP contribution in [0.2, 0.25) is 0 Å². The Labute approximate surface area is 164 Å². The quantitative estimate of drug-likeness (QED) is 0.715. The van der Waals surface area contributed by atoms with E-state index in [-0.39, 0.29) is 29.3 Å². The van der Waals surface area contributed by atoms with Gasteiger partial charge in [0.15, 0.2) is 6.61 Å². The second kappa shape index (κ2) is 8.30. The third-order valence-electron chi connectivity index (χ3n) is 5.13. The van der Waals surface area contributed by atoms with Crippen molar-refractivity contribution < 1.29 is 22.7 Å². The molecular weight excluding hydrogens is 382 g/mol. The molecule has 9 heteroatoms. The van der Waals surface area contributed by atoms with Crippen LogP contribution in [0.25, 0.3) is 0 Å². The summed E-state index contributed by atoms with van der Waals surface area (Å²) in [6.45, 7) is 3.22. The largest absolute Gasteiger partial charge is 0.454 e. The Balaban J connectivity index is 1.57. The van der Waals surface area contributed by atoms with Gasteiger partial charge in [-0.3, -0.25) is 14.5 Å². The molecule has 0 unspecified atom stereocenters. The van der Waals surface area contributed by atoms with E-state index in [1.807, 2.05) is 0 Å². The zero-order valence-electron chi connectivity index (χ0n) is 16.0. The number of fused-ring (bicyclic) bond motifs is 1. The van der Waals surface area contributed by atoms with Gasteiger partial charge in [0.2, 0.25) is 0 Å². The van der Waals surface area contributed by atoms with Crippen LogP contribution in [-0.2, 0) is 24.3 Å². The summed E-state index contributed by atoms with van der Waals surface area (Å²) in [6, 6.07) is 5.55. The maximum atomic E-state index is 12.2. The molecule has 1 amide bonds. The average Bonchev–Trinajstić information content (AvgIpc) is 2.92. The van der Waals surface area contributed by atoms with Gasteiger partial charge in [-0.2, -0.15) is 0 Å². The number of nitrogens with zero attached hydrogens (tertiary/aromatic N) is 1. The zero-order valence-corrected chi connectivity index (χ0v) is 16.8. The SMILES string of the molecule is C[C@H](N=C1NS(=O)(=O)c2ccccc21)C(=O)OCC(=O)N[C@H]1CCCC[C@@H]1C. The van der Waals surface area contributed by atoms with Gasteiger partial charge in [0.1, 0.15) is 11.9 Å². The summed E-state index contributed by atoms with van der Waals surface area (Å²) in [7, 11) is -3.67. The van der Waals surface area contributed by atoms with E-state index < -0.39 is 22.0 Å². The van der Waals surface area contributed by atoms with Crippen molar-refractivity contribution in [1.82, 2.24) is 10.0 Å². The molecule has 2 aliphatic rings. The molecule has 1 aromatic carbocycles. The number of amidine groups is 1. The third kappa shape index (κ3) is 4.52. The van der Waals surface area contributed by atoms with Crippen molar-refractivity contribution >= 4 is 27.7 Å². The summed E-state index contributed by atoms with van der Waals surface area (Å²) in [4.78, 5) is 28.5. The van der Waals surface area contributed by atoms with Crippen LogP contribution in [-0.4, -0.2) is 44.8 Å². The normalized spacial score (nSPS) is 25.4. The van der Waals surface area contributed by atoms with E-state index in [1.54, 1.807) is 18.2 Å². The topological polar surface area (TPSA) is 114 Å². The highest BCUT2D eigenvalue weighted by Gasteiger charge is 2.31. The highest BCUT2D eigenvalue weighted by molar-refractivity contribution is 7.90. The van der Waals surface area contributed by atoms with Gasteiger partial charge in [-0.25, -0.2) is 13.2 Å². The Morgan fingerprint density at radius 1 is 1.29 bits per heavy atom. The summed E-state index contributed by atoms with van der Waals surface area (Å²) in [5.74, 6) is -0.517. The lowest BCUT2D eigenvalue weighted by Crippen LogP contribution is -2.43. The number of esters is 1. The standard InChI is InChI=1S/C19H25N3O5S/c1-12-7-3-5-9-15(12)21-17(23)11-27-19(24)13(2)20-18-14-8-4-6-10-16(14)28(25,26)22-18/h4,6,8,10,12-13,15H,3,5,7,9,11H2,1-2H3,(H,20,22)(H,21,23)/t12-,13-,15-/m0/s1. The molecule has 3 rings (SSSR count). The Morgan fingerprint density at radius 2 is 2.00 bits per heavy atom. The van der Waals surface area contributed by atoms with Crippen LogP contribution in [0, 0.1) is 5.92 Å². The van der Waals surface area contributed by atoms with E-state index in [4.69, 9.17) is 4.74 Å². The number of sulfonamides is 1. The number of amides is 1. The van der Waals surface area contributed by atoms with E-state index in [2.05, 4.69) is 22.0 Å². The molecule has 28 heavy (non-hydrogen) atoms. The Hall–Kier alpha value is -2.42. The maximum Gasteiger partial charge on any atom is 0.331 e. The first-order valence-corrected chi connectivity index (χ1v) is 10.9. The predicted molar refractivity (Wildman–Crippen MR) is 103 cm³/mol. The molecule has 0 bridgehead atoms. The lowest BCUT2D eigenvalue weighted by molar-refractivity contribution is -0.149. The summed E-state index contributed by atoms with van der Waals surface area (Å²) in [6.07, 6.45) is 4.27. The number of carbonyl (C=O) groups is 2. The van der Waals surface area contributed by atoms with Gasteiger partial charge in [0.05, 0.1) is 4.90 Å². The fraction of sp³-hybridized carbons (Fsp3) is 0.526.